The Morgan fingerprint density at radius 3 is 2.71 bits per heavy atom. The van der Waals surface area contributed by atoms with Gasteiger partial charge in [0.05, 0.1) is 6.35 Å². The molecular weight excluding hydrogens is 115 g/mol. The fourth-order valence-electron chi connectivity index (χ4n) is 0.127. The first-order valence-electron chi connectivity index (χ1n) is 1.66. The Bertz CT molecular complexity index is 66.7. The van der Waals surface area contributed by atoms with E-state index in [2.05, 4.69) is 10.8 Å². The summed E-state index contributed by atoms with van der Waals surface area (Å²) >= 11 is 0. The topological polar surface area (TPSA) is 75.4 Å². The van der Waals surface area contributed by atoms with Crippen LogP contribution in [0.1, 0.15) is 0 Å². The maximum Gasteiger partial charge on any atom is 0.315 e. The first-order chi connectivity index (χ1) is 3.27. The van der Waals surface area contributed by atoms with Crippen LogP contribution in [0.3, 0.4) is 0 Å². The van der Waals surface area contributed by atoms with Crippen molar-refractivity contribution in [3.05, 3.63) is 0 Å². The predicted octanol–water partition coefficient (Wildman–Crippen LogP) is -0.802. The monoisotopic (exact) mass is 122 g/mol. The van der Waals surface area contributed by atoms with Crippen molar-refractivity contribution < 1.29 is 9.90 Å². The summed E-state index contributed by atoms with van der Waals surface area (Å²) in [5.41, 5.74) is 4.62. The number of amides is 2. The Labute approximate surface area is 42.9 Å². The molecule has 5 heteroatoms. The summed E-state index contributed by atoms with van der Waals surface area (Å²) in [4.78, 5) is 9.77. The number of aliphatic hydroxyl groups excluding tert-OH is 1. The molecule has 0 aromatic rings. The molecular formula is C2H7N2O2P. The maximum atomic E-state index is 9.77. The van der Waals surface area contributed by atoms with Crippen molar-refractivity contribution in [2.75, 3.05) is 6.35 Å². The highest BCUT2D eigenvalue weighted by molar-refractivity contribution is 7.36. The zero-order valence-electron chi connectivity index (χ0n) is 3.64. The molecule has 42 valence electrons. The number of primary amides is 1. The highest BCUT2D eigenvalue weighted by Crippen LogP contribution is 1.95. The minimum Gasteiger partial charge on any atom is -0.390 e. The van der Waals surface area contributed by atoms with Crippen LogP contribution in [0.4, 0.5) is 4.79 Å². The zero-order valence-corrected chi connectivity index (χ0v) is 4.64. The van der Waals surface area contributed by atoms with Crippen LogP contribution in [0.2, 0.25) is 0 Å². The molecule has 0 heterocycles. The molecule has 0 bridgehead atoms. The highest BCUT2D eigenvalue weighted by Gasteiger charge is 1.84. The summed E-state index contributed by atoms with van der Waals surface area (Å²) in [6, 6.07) is -0.590. The van der Waals surface area contributed by atoms with E-state index in [1.54, 1.807) is 0 Å². The second kappa shape index (κ2) is 3.84. The third-order valence-corrected chi connectivity index (χ3v) is 0.872. The quantitative estimate of drug-likeness (QED) is 0.419. The summed E-state index contributed by atoms with van der Waals surface area (Å²) in [7, 11) is 0.0262. The van der Waals surface area contributed by atoms with E-state index < -0.39 is 6.03 Å². The minimum atomic E-state index is -0.590. The van der Waals surface area contributed by atoms with E-state index >= 15 is 0 Å². The molecule has 0 saturated heterocycles. The van der Waals surface area contributed by atoms with E-state index in [1.807, 2.05) is 0 Å². The number of aliphatic hydroxyl groups is 1. The smallest absolute Gasteiger partial charge is 0.315 e. The fourth-order valence-corrected chi connectivity index (χ4v) is 0.380. The van der Waals surface area contributed by atoms with Crippen molar-refractivity contribution in [2.45, 2.75) is 0 Å². The van der Waals surface area contributed by atoms with Crippen molar-refractivity contribution >= 4 is 14.8 Å². The van der Waals surface area contributed by atoms with E-state index in [0.717, 1.165) is 0 Å². The van der Waals surface area contributed by atoms with Crippen molar-refractivity contribution in [3.8, 4) is 0 Å². The predicted molar refractivity (Wildman–Crippen MR) is 28.1 cm³/mol. The lowest BCUT2D eigenvalue weighted by Crippen LogP contribution is -2.21. The van der Waals surface area contributed by atoms with Gasteiger partial charge >= 0.3 is 6.03 Å². The Balaban J connectivity index is 2.82. The minimum absolute atomic E-state index is 0.0262. The molecule has 4 N–H and O–H groups in total. The van der Waals surface area contributed by atoms with Crippen molar-refractivity contribution in [1.82, 2.24) is 5.09 Å². The van der Waals surface area contributed by atoms with E-state index in [1.165, 1.54) is 0 Å². The standard InChI is InChI=1S/C2H7N2O2P/c3-2(6)4-7-1-5/h5,7H,1H2,(H3,3,4,6). The van der Waals surface area contributed by atoms with Crippen LogP contribution in [0, 0.1) is 0 Å². The second-order valence-electron chi connectivity index (χ2n) is 0.824. The van der Waals surface area contributed by atoms with Gasteiger partial charge in [-0.2, -0.15) is 0 Å². The number of nitrogens with one attached hydrogen (secondary N) is 1. The molecule has 4 nitrogen and oxygen atoms in total. The zero-order chi connectivity index (χ0) is 5.70. The summed E-state index contributed by atoms with van der Waals surface area (Å²) in [5.74, 6) is 0. The highest BCUT2D eigenvalue weighted by atomic mass is 31.1. The number of carbonyl (C=O) groups excluding carboxylic acids is 1. The molecule has 7 heavy (non-hydrogen) atoms. The van der Waals surface area contributed by atoms with E-state index in [0.29, 0.717) is 0 Å². The molecule has 0 aromatic heterocycles. The van der Waals surface area contributed by atoms with E-state index in [9.17, 15) is 4.79 Å². The maximum absolute atomic E-state index is 9.77. The Kier molecular flexibility index (Phi) is 3.65. The number of hydrogen-bond donors (Lipinski definition) is 3. The summed E-state index contributed by atoms with van der Waals surface area (Å²) in [5, 5.41) is 10.3. The van der Waals surface area contributed by atoms with Crippen LogP contribution in [0.25, 0.3) is 0 Å². The van der Waals surface area contributed by atoms with Crippen LogP contribution >= 0.6 is 8.73 Å². The summed E-state index contributed by atoms with van der Waals surface area (Å²) in [6.07, 6.45) is -0.0388. The van der Waals surface area contributed by atoms with Gasteiger partial charge in [-0.05, 0) is 0 Å². The molecule has 0 aliphatic heterocycles. The molecule has 2 amide bonds. The number of rotatable bonds is 2. The van der Waals surface area contributed by atoms with Gasteiger partial charge < -0.3 is 15.9 Å². The van der Waals surface area contributed by atoms with Crippen molar-refractivity contribution in [1.29, 1.82) is 0 Å². The first kappa shape index (κ1) is 6.66. The van der Waals surface area contributed by atoms with Gasteiger partial charge in [-0.25, -0.2) is 4.79 Å². The number of urea groups is 1. The van der Waals surface area contributed by atoms with Gasteiger partial charge in [-0.15, -0.1) is 0 Å². The van der Waals surface area contributed by atoms with E-state index in [4.69, 9.17) is 5.11 Å². The molecule has 0 radical (unpaired) electrons. The van der Waals surface area contributed by atoms with Crippen molar-refractivity contribution in [3.63, 3.8) is 0 Å². The van der Waals surface area contributed by atoms with Gasteiger partial charge in [0.15, 0.2) is 0 Å². The van der Waals surface area contributed by atoms with Gasteiger partial charge in [-0.3, -0.25) is 0 Å². The fraction of sp³-hybridized carbons (Fsp3) is 0.500. The van der Waals surface area contributed by atoms with Gasteiger partial charge in [0.2, 0.25) is 0 Å². The lowest BCUT2D eigenvalue weighted by Gasteiger charge is -1.92. The van der Waals surface area contributed by atoms with Crippen LogP contribution in [-0.2, 0) is 0 Å². The van der Waals surface area contributed by atoms with Gasteiger partial charge in [0, 0.05) is 8.73 Å². The summed E-state index contributed by atoms with van der Waals surface area (Å²) < 4.78 is 0. The third-order valence-electron chi connectivity index (χ3n) is 0.291. The Morgan fingerprint density at radius 1 is 2.00 bits per heavy atom. The average molecular weight is 122 g/mol. The molecule has 1 unspecified atom stereocenters. The Hall–Kier alpha value is -0.340. The molecule has 1 atom stereocenters. The molecule has 0 spiro atoms. The first-order valence-corrected chi connectivity index (χ1v) is 2.87. The molecule has 0 saturated carbocycles. The lowest BCUT2D eigenvalue weighted by molar-refractivity contribution is 0.253. The van der Waals surface area contributed by atoms with Gasteiger partial charge in [0.25, 0.3) is 0 Å². The average Bonchev–Trinajstić information content (AvgIpc) is 1.61. The van der Waals surface area contributed by atoms with Crippen LogP contribution < -0.4 is 10.8 Å². The van der Waals surface area contributed by atoms with Gasteiger partial charge in [0.1, 0.15) is 0 Å². The van der Waals surface area contributed by atoms with Crippen LogP contribution in [0.15, 0.2) is 0 Å². The van der Waals surface area contributed by atoms with Crippen LogP contribution in [0.5, 0.6) is 0 Å². The lowest BCUT2D eigenvalue weighted by atomic mass is 11.2. The summed E-state index contributed by atoms with van der Waals surface area (Å²) in [6.45, 7) is 0. The normalized spacial score (nSPS) is 9.86. The Morgan fingerprint density at radius 2 is 2.57 bits per heavy atom. The van der Waals surface area contributed by atoms with E-state index in [-0.39, 0.29) is 15.1 Å². The van der Waals surface area contributed by atoms with Gasteiger partial charge in [-0.1, -0.05) is 0 Å². The van der Waals surface area contributed by atoms with Crippen LogP contribution in [-0.4, -0.2) is 17.5 Å². The third kappa shape index (κ3) is 5.66. The second-order valence-corrected chi connectivity index (χ2v) is 1.74. The largest absolute Gasteiger partial charge is 0.390 e. The molecule has 0 aliphatic rings. The number of carbonyl (C=O) groups is 1. The molecule has 0 aromatic carbocycles. The SMILES string of the molecule is NC(=O)NPCO. The number of nitrogens with two attached hydrogens (primary N) is 1. The molecule has 0 aliphatic carbocycles. The molecule has 0 fully saturated rings. The number of hydrogen-bond acceptors (Lipinski definition) is 2. The van der Waals surface area contributed by atoms with Crippen molar-refractivity contribution in [2.24, 2.45) is 5.73 Å². The molecule has 0 rings (SSSR count).